The number of benzene rings is 2. The van der Waals surface area contributed by atoms with Crippen LogP contribution in [0.1, 0.15) is 0 Å². The lowest BCUT2D eigenvalue weighted by molar-refractivity contribution is 0.432. The fraction of sp³-hybridized carbons (Fsp3) is 0. The third-order valence-corrected chi connectivity index (χ3v) is 2.69. The Labute approximate surface area is 109 Å². The summed E-state index contributed by atoms with van der Waals surface area (Å²) in [5.74, 6) is 1.08. The zero-order chi connectivity index (χ0) is 13.2. The number of anilines is 1. The summed E-state index contributed by atoms with van der Waals surface area (Å²) < 4.78 is 5.21. The van der Waals surface area contributed by atoms with Gasteiger partial charge in [-0.05, 0) is 42.5 Å². The van der Waals surface area contributed by atoms with E-state index in [9.17, 15) is 5.11 Å². The van der Waals surface area contributed by atoms with Crippen LogP contribution in [0.4, 0.5) is 5.69 Å². The molecule has 0 radical (unpaired) electrons. The van der Waals surface area contributed by atoms with E-state index in [1.165, 1.54) is 0 Å². The van der Waals surface area contributed by atoms with E-state index < -0.39 is 0 Å². The molecule has 0 saturated heterocycles. The molecule has 0 aliphatic rings. The van der Waals surface area contributed by atoms with Gasteiger partial charge in [0.05, 0.1) is 0 Å². The molecule has 5 heteroatoms. The van der Waals surface area contributed by atoms with E-state index >= 15 is 0 Å². The monoisotopic (exact) mass is 253 g/mol. The Hall–Kier alpha value is -2.82. The average Bonchev–Trinajstić information content (AvgIpc) is 2.89. The molecule has 1 heterocycles. The molecule has 0 atom stereocenters. The van der Waals surface area contributed by atoms with Crippen LogP contribution in [-0.4, -0.2) is 15.2 Å². The maximum Gasteiger partial charge on any atom is 0.258 e. The maximum absolute atomic E-state index is 9.24. The summed E-state index contributed by atoms with van der Waals surface area (Å²) in [6.45, 7) is 0. The zero-order valence-corrected chi connectivity index (χ0v) is 9.95. The largest absolute Gasteiger partial charge is 0.508 e. The van der Waals surface area contributed by atoms with E-state index in [4.69, 9.17) is 10.3 Å². The van der Waals surface area contributed by atoms with E-state index in [1.807, 2.05) is 12.1 Å². The number of phenolic OH excluding ortho intramolecular Hbond substituents is 1. The van der Waals surface area contributed by atoms with Crippen LogP contribution < -0.4 is 5.73 Å². The smallest absolute Gasteiger partial charge is 0.258 e. The molecule has 19 heavy (non-hydrogen) atoms. The van der Waals surface area contributed by atoms with Crippen molar-refractivity contribution in [2.75, 3.05) is 5.73 Å². The third kappa shape index (κ3) is 2.26. The predicted octanol–water partition coefficient (Wildman–Crippen LogP) is 2.69. The van der Waals surface area contributed by atoms with Crippen LogP contribution in [0.15, 0.2) is 53.1 Å². The van der Waals surface area contributed by atoms with Crippen LogP contribution in [0.3, 0.4) is 0 Å². The van der Waals surface area contributed by atoms with Crippen molar-refractivity contribution in [1.29, 1.82) is 0 Å². The molecule has 3 aromatic rings. The first-order valence-corrected chi connectivity index (χ1v) is 5.71. The second-order valence-corrected chi connectivity index (χ2v) is 4.10. The Balaban J connectivity index is 1.97. The highest BCUT2D eigenvalue weighted by atomic mass is 16.5. The summed E-state index contributed by atoms with van der Waals surface area (Å²) in [7, 11) is 0. The second kappa shape index (κ2) is 4.45. The Morgan fingerprint density at radius 3 is 2.53 bits per heavy atom. The number of hydrogen-bond donors (Lipinski definition) is 2. The van der Waals surface area contributed by atoms with Crippen molar-refractivity contribution >= 4 is 5.69 Å². The molecule has 0 saturated carbocycles. The summed E-state index contributed by atoms with van der Waals surface area (Å²) in [5, 5.41) is 13.2. The van der Waals surface area contributed by atoms with Gasteiger partial charge in [0.15, 0.2) is 0 Å². The lowest BCUT2D eigenvalue weighted by Gasteiger charge is -1.95. The number of nitrogens with zero attached hydrogens (tertiary/aromatic N) is 2. The van der Waals surface area contributed by atoms with Crippen molar-refractivity contribution in [3.05, 3.63) is 48.5 Å². The lowest BCUT2D eigenvalue weighted by atomic mass is 10.2. The number of rotatable bonds is 2. The Morgan fingerprint density at radius 2 is 1.79 bits per heavy atom. The third-order valence-electron chi connectivity index (χ3n) is 2.69. The normalized spacial score (nSPS) is 10.5. The fourth-order valence-corrected chi connectivity index (χ4v) is 1.74. The van der Waals surface area contributed by atoms with Crippen LogP contribution >= 0.6 is 0 Å². The number of phenols is 1. The molecular formula is C14H11N3O2. The van der Waals surface area contributed by atoms with Crippen molar-refractivity contribution < 1.29 is 9.63 Å². The van der Waals surface area contributed by atoms with Crippen molar-refractivity contribution in [2.24, 2.45) is 0 Å². The van der Waals surface area contributed by atoms with Gasteiger partial charge in [0, 0.05) is 16.8 Å². The van der Waals surface area contributed by atoms with Crippen molar-refractivity contribution in [2.45, 2.75) is 0 Å². The molecular weight excluding hydrogens is 242 g/mol. The molecule has 1 aromatic heterocycles. The Bertz CT molecular complexity index is 705. The molecule has 0 bridgehead atoms. The average molecular weight is 253 g/mol. The molecule has 0 unspecified atom stereocenters. The van der Waals surface area contributed by atoms with Gasteiger partial charge >= 0.3 is 0 Å². The maximum atomic E-state index is 9.24. The molecule has 0 fully saturated rings. The van der Waals surface area contributed by atoms with E-state index in [2.05, 4.69) is 10.1 Å². The van der Waals surface area contributed by atoms with Crippen LogP contribution in [0.25, 0.3) is 22.8 Å². The van der Waals surface area contributed by atoms with Crippen molar-refractivity contribution in [3.63, 3.8) is 0 Å². The highest BCUT2D eigenvalue weighted by Gasteiger charge is 2.10. The molecule has 94 valence electrons. The molecule has 0 spiro atoms. The van der Waals surface area contributed by atoms with E-state index in [0.29, 0.717) is 17.4 Å². The molecule has 5 nitrogen and oxygen atoms in total. The van der Waals surface area contributed by atoms with Crippen molar-refractivity contribution in [3.8, 4) is 28.6 Å². The number of nitrogen functional groups attached to an aromatic ring is 1. The molecule has 2 aromatic carbocycles. The minimum absolute atomic E-state index is 0.198. The van der Waals surface area contributed by atoms with Gasteiger partial charge in [0.1, 0.15) is 5.75 Å². The predicted molar refractivity (Wildman–Crippen MR) is 71.2 cm³/mol. The first kappa shape index (κ1) is 11.3. The molecule has 3 N–H and O–H groups in total. The van der Waals surface area contributed by atoms with Gasteiger partial charge in [0.25, 0.3) is 5.89 Å². The number of hydrogen-bond acceptors (Lipinski definition) is 5. The van der Waals surface area contributed by atoms with Gasteiger partial charge in [-0.25, -0.2) is 0 Å². The number of aromatic nitrogens is 2. The van der Waals surface area contributed by atoms with Gasteiger partial charge in [-0.15, -0.1) is 0 Å². The van der Waals surface area contributed by atoms with Gasteiger partial charge in [0.2, 0.25) is 5.82 Å². The van der Waals surface area contributed by atoms with Gasteiger partial charge in [-0.2, -0.15) is 4.98 Å². The topological polar surface area (TPSA) is 85.2 Å². The van der Waals surface area contributed by atoms with E-state index in [0.717, 1.165) is 11.1 Å². The van der Waals surface area contributed by atoms with Crippen LogP contribution in [0.5, 0.6) is 5.75 Å². The second-order valence-electron chi connectivity index (χ2n) is 4.10. The van der Waals surface area contributed by atoms with Crippen LogP contribution in [0, 0.1) is 0 Å². The van der Waals surface area contributed by atoms with Gasteiger partial charge in [-0.1, -0.05) is 11.2 Å². The summed E-state index contributed by atoms with van der Waals surface area (Å²) in [6.07, 6.45) is 0. The Morgan fingerprint density at radius 1 is 1.00 bits per heavy atom. The first-order chi connectivity index (χ1) is 9.22. The van der Waals surface area contributed by atoms with Crippen LogP contribution in [-0.2, 0) is 0 Å². The summed E-state index contributed by atoms with van der Waals surface area (Å²) in [6, 6.07) is 13.8. The van der Waals surface area contributed by atoms with Crippen LogP contribution in [0.2, 0.25) is 0 Å². The number of aromatic hydroxyl groups is 1. The first-order valence-electron chi connectivity index (χ1n) is 5.71. The summed E-state index contributed by atoms with van der Waals surface area (Å²) >= 11 is 0. The highest BCUT2D eigenvalue weighted by molar-refractivity contribution is 5.63. The fourth-order valence-electron chi connectivity index (χ4n) is 1.74. The standard InChI is InChI=1S/C14H11N3O2/c15-11-3-1-2-10(8-11)14-16-13(17-19-14)9-4-6-12(18)7-5-9/h1-8,18H,15H2. The quantitative estimate of drug-likeness (QED) is 0.686. The zero-order valence-electron chi connectivity index (χ0n) is 9.95. The highest BCUT2D eigenvalue weighted by Crippen LogP contribution is 2.24. The van der Waals surface area contributed by atoms with Gasteiger partial charge < -0.3 is 15.4 Å². The Kier molecular flexibility index (Phi) is 2.64. The summed E-state index contributed by atoms with van der Waals surface area (Å²) in [5.41, 5.74) is 7.90. The minimum atomic E-state index is 0.198. The lowest BCUT2D eigenvalue weighted by Crippen LogP contribution is -1.85. The summed E-state index contributed by atoms with van der Waals surface area (Å²) in [4.78, 5) is 4.31. The molecule has 0 amide bonds. The molecule has 3 rings (SSSR count). The van der Waals surface area contributed by atoms with Crippen molar-refractivity contribution in [1.82, 2.24) is 10.1 Å². The SMILES string of the molecule is Nc1cccc(-c2nc(-c3ccc(O)cc3)no2)c1. The van der Waals surface area contributed by atoms with E-state index in [1.54, 1.807) is 36.4 Å². The van der Waals surface area contributed by atoms with E-state index in [-0.39, 0.29) is 5.75 Å². The molecule has 0 aliphatic heterocycles. The number of nitrogens with two attached hydrogens (primary N) is 1. The van der Waals surface area contributed by atoms with Gasteiger partial charge in [-0.3, -0.25) is 0 Å². The minimum Gasteiger partial charge on any atom is -0.508 e. The molecule has 0 aliphatic carbocycles.